The van der Waals surface area contributed by atoms with E-state index in [2.05, 4.69) is 6.58 Å². The normalized spacial score (nSPS) is 16.5. The number of hydrogen-bond acceptors (Lipinski definition) is 3. The fourth-order valence-corrected chi connectivity index (χ4v) is 2.62. The molecule has 1 aliphatic rings. The van der Waals surface area contributed by atoms with Crippen molar-refractivity contribution in [1.29, 1.82) is 0 Å². The minimum atomic E-state index is -0.182. The monoisotopic (exact) mass is 310 g/mol. The average Bonchev–Trinajstić information content (AvgIpc) is 2.49. The summed E-state index contributed by atoms with van der Waals surface area (Å²) < 4.78 is 5.70. The van der Waals surface area contributed by atoms with Gasteiger partial charge in [-0.05, 0) is 46.6 Å². The van der Waals surface area contributed by atoms with Crippen LogP contribution >= 0.6 is 0 Å². The Hall–Kier alpha value is -1.36. The molecule has 0 radical (unpaired) electrons. The van der Waals surface area contributed by atoms with Crippen molar-refractivity contribution in [3.8, 4) is 0 Å². The summed E-state index contributed by atoms with van der Waals surface area (Å²) in [6, 6.07) is 0. The van der Waals surface area contributed by atoms with E-state index >= 15 is 0 Å². The number of piperidine rings is 1. The van der Waals surface area contributed by atoms with Crippen LogP contribution in [0.25, 0.3) is 0 Å². The first-order valence-corrected chi connectivity index (χ1v) is 8.12. The lowest BCUT2D eigenvalue weighted by Gasteiger charge is -2.34. The van der Waals surface area contributed by atoms with Gasteiger partial charge in [0.2, 0.25) is 11.8 Å². The van der Waals surface area contributed by atoms with Gasteiger partial charge in [0.25, 0.3) is 0 Å². The van der Waals surface area contributed by atoms with Crippen molar-refractivity contribution in [2.24, 2.45) is 5.92 Å². The zero-order valence-corrected chi connectivity index (χ0v) is 14.4. The van der Waals surface area contributed by atoms with Gasteiger partial charge in [-0.2, -0.15) is 0 Å². The van der Waals surface area contributed by atoms with Gasteiger partial charge in [0.15, 0.2) is 0 Å². The van der Waals surface area contributed by atoms with Crippen LogP contribution < -0.4 is 0 Å². The fourth-order valence-electron chi connectivity index (χ4n) is 2.62. The number of rotatable bonds is 6. The molecule has 1 saturated heterocycles. The van der Waals surface area contributed by atoms with Crippen molar-refractivity contribution in [1.82, 2.24) is 9.80 Å². The molecule has 5 nitrogen and oxygen atoms in total. The maximum atomic E-state index is 12.6. The van der Waals surface area contributed by atoms with E-state index in [4.69, 9.17) is 4.74 Å². The summed E-state index contributed by atoms with van der Waals surface area (Å²) in [5.41, 5.74) is -0.182. The molecule has 126 valence electrons. The molecule has 0 aromatic rings. The van der Waals surface area contributed by atoms with Crippen LogP contribution in [0.2, 0.25) is 0 Å². The van der Waals surface area contributed by atoms with Gasteiger partial charge in [0, 0.05) is 32.1 Å². The molecular formula is C17H30N2O3. The highest BCUT2D eigenvalue weighted by atomic mass is 16.5. The SMILES string of the molecule is C=CC(=O)N1CCC(C(=O)N(CC)CCOC(C)(C)C)CC1. The summed E-state index contributed by atoms with van der Waals surface area (Å²) in [4.78, 5) is 27.8. The van der Waals surface area contributed by atoms with Crippen molar-refractivity contribution >= 4 is 11.8 Å². The van der Waals surface area contributed by atoms with E-state index in [0.29, 0.717) is 32.8 Å². The molecule has 1 rings (SSSR count). The Morgan fingerprint density at radius 2 is 1.91 bits per heavy atom. The standard InChI is InChI=1S/C17H30N2O3/c1-6-15(20)19-10-8-14(9-11-19)16(21)18(7-2)12-13-22-17(3,4)5/h6,14H,1,7-13H2,2-5H3. The van der Waals surface area contributed by atoms with E-state index in [1.165, 1.54) is 6.08 Å². The number of likely N-dealkylation sites (tertiary alicyclic amines) is 1. The molecule has 0 aromatic carbocycles. The quantitative estimate of drug-likeness (QED) is 0.706. The highest BCUT2D eigenvalue weighted by Gasteiger charge is 2.29. The molecule has 1 aliphatic heterocycles. The summed E-state index contributed by atoms with van der Waals surface area (Å²) >= 11 is 0. The number of amides is 2. The van der Waals surface area contributed by atoms with Crippen LogP contribution in [0.1, 0.15) is 40.5 Å². The van der Waals surface area contributed by atoms with Gasteiger partial charge in [-0.15, -0.1) is 0 Å². The molecule has 0 bridgehead atoms. The van der Waals surface area contributed by atoms with E-state index in [-0.39, 0.29) is 23.3 Å². The molecule has 1 fully saturated rings. The van der Waals surface area contributed by atoms with Gasteiger partial charge in [-0.1, -0.05) is 6.58 Å². The summed E-state index contributed by atoms with van der Waals surface area (Å²) in [5, 5.41) is 0. The zero-order valence-electron chi connectivity index (χ0n) is 14.4. The first-order chi connectivity index (χ1) is 10.3. The Morgan fingerprint density at radius 1 is 1.32 bits per heavy atom. The van der Waals surface area contributed by atoms with E-state index in [9.17, 15) is 9.59 Å². The molecule has 5 heteroatoms. The number of carbonyl (C=O) groups excluding carboxylic acids is 2. The van der Waals surface area contributed by atoms with Crippen molar-refractivity contribution < 1.29 is 14.3 Å². The number of hydrogen-bond donors (Lipinski definition) is 0. The largest absolute Gasteiger partial charge is 0.374 e. The van der Waals surface area contributed by atoms with Gasteiger partial charge in [-0.25, -0.2) is 0 Å². The van der Waals surface area contributed by atoms with Gasteiger partial charge in [0.05, 0.1) is 12.2 Å². The third-order valence-corrected chi connectivity index (χ3v) is 3.92. The average molecular weight is 310 g/mol. The second-order valence-electron chi connectivity index (χ2n) is 6.68. The highest BCUT2D eigenvalue weighted by Crippen LogP contribution is 2.20. The van der Waals surface area contributed by atoms with Crippen LogP contribution in [0.15, 0.2) is 12.7 Å². The van der Waals surface area contributed by atoms with Crippen LogP contribution in [0.5, 0.6) is 0 Å². The summed E-state index contributed by atoms with van der Waals surface area (Å²) in [6.07, 6.45) is 2.80. The lowest BCUT2D eigenvalue weighted by Crippen LogP contribution is -2.45. The maximum absolute atomic E-state index is 12.6. The number of ether oxygens (including phenoxy) is 1. The topological polar surface area (TPSA) is 49.9 Å². The molecule has 1 heterocycles. The molecule has 0 saturated carbocycles. The Bertz CT molecular complexity index is 393. The Morgan fingerprint density at radius 3 is 2.36 bits per heavy atom. The Labute approximate surface area is 134 Å². The predicted molar refractivity (Wildman–Crippen MR) is 87.5 cm³/mol. The molecule has 0 aliphatic carbocycles. The molecule has 0 unspecified atom stereocenters. The predicted octanol–water partition coefficient (Wildman–Crippen LogP) is 2.07. The summed E-state index contributed by atoms with van der Waals surface area (Å²) in [6.45, 7) is 14.7. The van der Waals surface area contributed by atoms with Crippen molar-refractivity contribution in [2.45, 2.75) is 46.1 Å². The molecule has 2 amide bonds. The van der Waals surface area contributed by atoms with E-state index in [1.54, 1.807) is 4.90 Å². The van der Waals surface area contributed by atoms with Crippen LogP contribution in [0.3, 0.4) is 0 Å². The second-order valence-corrected chi connectivity index (χ2v) is 6.68. The third-order valence-electron chi connectivity index (χ3n) is 3.92. The minimum Gasteiger partial charge on any atom is -0.374 e. The first-order valence-electron chi connectivity index (χ1n) is 8.12. The molecule has 0 spiro atoms. The lowest BCUT2D eigenvalue weighted by molar-refractivity contribution is -0.140. The fraction of sp³-hybridized carbons (Fsp3) is 0.765. The zero-order chi connectivity index (χ0) is 16.8. The molecular weight excluding hydrogens is 280 g/mol. The van der Waals surface area contributed by atoms with E-state index in [1.807, 2.05) is 32.6 Å². The van der Waals surface area contributed by atoms with Crippen LogP contribution in [-0.2, 0) is 14.3 Å². The minimum absolute atomic E-state index is 0.0171. The van der Waals surface area contributed by atoms with E-state index < -0.39 is 0 Å². The Kier molecular flexibility index (Phi) is 7.07. The second kappa shape index (κ2) is 8.32. The van der Waals surface area contributed by atoms with Crippen LogP contribution in [0, 0.1) is 5.92 Å². The highest BCUT2D eigenvalue weighted by molar-refractivity contribution is 5.87. The third kappa shape index (κ3) is 5.79. The van der Waals surface area contributed by atoms with Crippen molar-refractivity contribution in [3.05, 3.63) is 12.7 Å². The smallest absolute Gasteiger partial charge is 0.245 e. The van der Waals surface area contributed by atoms with Crippen molar-refractivity contribution in [3.63, 3.8) is 0 Å². The van der Waals surface area contributed by atoms with Gasteiger partial charge < -0.3 is 14.5 Å². The van der Waals surface area contributed by atoms with Crippen molar-refractivity contribution in [2.75, 3.05) is 32.8 Å². The molecule has 0 atom stereocenters. The molecule has 0 N–H and O–H groups in total. The maximum Gasteiger partial charge on any atom is 0.245 e. The van der Waals surface area contributed by atoms with Gasteiger partial charge >= 0.3 is 0 Å². The summed E-state index contributed by atoms with van der Waals surface area (Å²) in [5.74, 6) is 0.158. The van der Waals surface area contributed by atoms with Crippen LogP contribution in [-0.4, -0.2) is 60.0 Å². The lowest BCUT2D eigenvalue weighted by atomic mass is 9.95. The first kappa shape index (κ1) is 18.7. The Balaban J connectivity index is 2.45. The van der Waals surface area contributed by atoms with Gasteiger partial charge in [-0.3, -0.25) is 9.59 Å². The van der Waals surface area contributed by atoms with Gasteiger partial charge in [0.1, 0.15) is 0 Å². The summed E-state index contributed by atoms with van der Waals surface area (Å²) in [7, 11) is 0. The van der Waals surface area contributed by atoms with E-state index in [0.717, 1.165) is 12.8 Å². The van der Waals surface area contributed by atoms with Crippen LogP contribution in [0.4, 0.5) is 0 Å². The number of carbonyl (C=O) groups is 2. The molecule has 22 heavy (non-hydrogen) atoms. The number of likely N-dealkylation sites (N-methyl/N-ethyl adjacent to an activating group) is 1. The number of nitrogens with zero attached hydrogens (tertiary/aromatic N) is 2. The molecule has 0 aromatic heterocycles.